The van der Waals surface area contributed by atoms with E-state index in [9.17, 15) is 38.4 Å². The van der Waals surface area contributed by atoms with E-state index in [1.165, 1.54) is 23.5 Å². The third-order valence-corrected chi connectivity index (χ3v) is 18.9. The van der Waals surface area contributed by atoms with Crippen LogP contribution in [0.5, 0.6) is 46.0 Å². The van der Waals surface area contributed by atoms with E-state index >= 15 is 0 Å². The Labute approximate surface area is 662 Å². The number of hydrogen-bond acceptors (Lipinski definition) is 22. The Balaban J connectivity index is 0.000000262. The quantitative estimate of drug-likeness (QED) is 0.0113. The van der Waals surface area contributed by atoms with Crippen LogP contribution in [0.25, 0.3) is 31.9 Å². The van der Waals surface area contributed by atoms with Crippen molar-refractivity contribution < 1.29 is 95.2 Å². The van der Waals surface area contributed by atoms with Gasteiger partial charge in [-0.05, 0) is 232 Å². The van der Waals surface area contributed by atoms with Crippen LogP contribution < -0.4 is 37.9 Å². The number of carbonyl (C=O) groups excluding carboxylic acids is 8. The molecule has 0 radical (unpaired) electrons. The van der Waals surface area contributed by atoms with Crippen LogP contribution in [0.3, 0.4) is 0 Å². The molecule has 0 unspecified atom stereocenters. The number of aryl methyl sites for hydroxylation is 2. The number of esters is 8. The van der Waals surface area contributed by atoms with E-state index in [0.29, 0.717) is 152 Å². The van der Waals surface area contributed by atoms with Gasteiger partial charge in [0.2, 0.25) is 0 Å². The lowest BCUT2D eigenvalue weighted by Gasteiger charge is -2.11. The van der Waals surface area contributed by atoms with Crippen molar-refractivity contribution in [2.75, 3.05) is 52.9 Å². The summed E-state index contributed by atoms with van der Waals surface area (Å²) in [7, 11) is 0. The maximum Gasteiger partial charge on any atom is 0.343 e. The minimum atomic E-state index is -0.490. The van der Waals surface area contributed by atoms with Gasteiger partial charge in [-0.15, -0.1) is 11.3 Å². The van der Waals surface area contributed by atoms with Crippen LogP contribution in [-0.4, -0.2) is 106 Å². The van der Waals surface area contributed by atoms with Gasteiger partial charge in [0, 0.05) is 48.6 Å². The Hall–Kier alpha value is -12.4. The van der Waals surface area contributed by atoms with Gasteiger partial charge in [-0.25, -0.2) is 33.8 Å². The summed E-state index contributed by atoms with van der Waals surface area (Å²) in [5, 5.41) is 0.708. The zero-order valence-electron chi connectivity index (χ0n) is 63.4. The molecule has 1 heterocycles. The molecule has 0 spiro atoms. The molecule has 588 valence electrons. The summed E-state index contributed by atoms with van der Waals surface area (Å²) >= 11 is 1.37. The Morgan fingerprint density at radius 2 is 0.708 bits per heavy atom. The molecule has 0 bridgehead atoms. The van der Waals surface area contributed by atoms with Crippen LogP contribution in [0.4, 0.5) is 0 Å². The molecule has 10 rings (SSSR count). The van der Waals surface area contributed by atoms with Crippen molar-refractivity contribution in [3.8, 4) is 67.7 Å². The first kappa shape index (κ1) is 84.6. The standard InChI is InChI=1S/C49H53NO10S.C42H40O10/c1-3-43(51)57-34-14-7-5-12-32-55-39-24-18-36(19-25-39)22-30-45(53)59-41-28-29-42(48-47(41)50-49(61-48)38-16-10-9-11-17-38)60-46(54)31-23-37-20-26-40(27-21-37)56-33-13-6-8-15-35-58-44(52)4-2;1-4-39(43)49-24-8-6-22-47-31-14-10-29(11-15-31)41(45)51-33-18-20-35-36-21-19-34(27-38(36)28(3)37(35)26-33)52-42(46)30-12-16-32(17-13-30)48-23-7-9-25-50-40(44)5-2/h3-4,9-11,16-21,24-29H,1-2,5-8,12-15,22-23,30-35H2;4-5,10-21,26-28H,1-2,6-9,22-25H2,3H3. The Morgan fingerprint density at radius 1 is 0.372 bits per heavy atom. The molecule has 113 heavy (non-hydrogen) atoms. The molecule has 0 fully saturated rings. The number of fused-ring (bicyclic) bond motifs is 4. The van der Waals surface area contributed by atoms with Gasteiger partial charge in [0.1, 0.15) is 49.7 Å². The largest absolute Gasteiger partial charge is 0.494 e. The third-order valence-electron chi connectivity index (χ3n) is 17.8. The van der Waals surface area contributed by atoms with Gasteiger partial charge in [0.25, 0.3) is 0 Å². The van der Waals surface area contributed by atoms with E-state index in [1.54, 1.807) is 72.8 Å². The summed E-state index contributed by atoms with van der Waals surface area (Å²) in [4.78, 5) is 101. The van der Waals surface area contributed by atoms with Crippen molar-refractivity contribution in [3.63, 3.8) is 0 Å². The number of unbranched alkanes of at least 4 members (excludes halogenated alkanes) is 8. The number of hydrogen-bond donors (Lipinski definition) is 0. The van der Waals surface area contributed by atoms with Crippen molar-refractivity contribution >= 4 is 69.3 Å². The lowest BCUT2D eigenvalue weighted by atomic mass is 9.99. The molecule has 9 aromatic rings. The predicted molar refractivity (Wildman–Crippen MR) is 430 cm³/mol. The molecule has 21 nitrogen and oxygen atoms in total. The van der Waals surface area contributed by atoms with Gasteiger partial charge < -0.3 is 56.8 Å². The number of ether oxygens (including phenoxy) is 12. The molecule has 1 aliphatic carbocycles. The summed E-state index contributed by atoms with van der Waals surface area (Å²) in [6.07, 6.45) is 15.8. The zero-order valence-corrected chi connectivity index (χ0v) is 64.3. The summed E-state index contributed by atoms with van der Waals surface area (Å²) in [6.45, 7) is 19.0. The van der Waals surface area contributed by atoms with Crippen LogP contribution in [0.2, 0.25) is 0 Å². The second kappa shape index (κ2) is 45.7. The molecular weight excluding hydrogens is 1460 g/mol. The predicted octanol–water partition coefficient (Wildman–Crippen LogP) is 18.4. The number of aromatic nitrogens is 1. The molecular formula is C91H93NO20S. The maximum absolute atomic E-state index is 13.1. The smallest absolute Gasteiger partial charge is 0.343 e. The second-order valence-corrected chi connectivity index (χ2v) is 27.0. The van der Waals surface area contributed by atoms with E-state index in [2.05, 4.69) is 33.2 Å². The lowest BCUT2D eigenvalue weighted by Crippen LogP contribution is -2.11. The highest BCUT2D eigenvalue weighted by Gasteiger charge is 2.28. The van der Waals surface area contributed by atoms with Crippen molar-refractivity contribution in [2.24, 2.45) is 0 Å². The SMILES string of the molecule is C=CC(=O)OCCCCCCOc1ccc(CCC(=O)Oc2ccc(OC(=O)CCc3ccc(OCCCCCCOC(=O)C=C)cc3)c3sc(-c4ccccc4)nc23)cc1.C=CC(=O)OCCCCOc1ccc(C(=O)Oc2ccc3c(c2)C(C)c2cc(OC(=O)c4ccc(OCCCCOC(=O)C=C)cc4)ccc2-3)cc1. The van der Waals surface area contributed by atoms with Gasteiger partial charge >= 0.3 is 47.8 Å². The highest BCUT2D eigenvalue weighted by atomic mass is 32.1. The van der Waals surface area contributed by atoms with Crippen LogP contribution in [0.1, 0.15) is 146 Å². The van der Waals surface area contributed by atoms with E-state index in [4.69, 9.17) is 61.8 Å². The Morgan fingerprint density at radius 3 is 1.10 bits per heavy atom. The van der Waals surface area contributed by atoms with Gasteiger partial charge in [0.15, 0.2) is 11.5 Å². The molecule has 0 aliphatic heterocycles. The molecule has 0 N–H and O–H groups in total. The Kier molecular flexibility index (Phi) is 34.2. The molecule has 8 aromatic carbocycles. The van der Waals surface area contributed by atoms with Crippen LogP contribution >= 0.6 is 11.3 Å². The van der Waals surface area contributed by atoms with E-state index < -0.39 is 47.8 Å². The fourth-order valence-corrected chi connectivity index (χ4v) is 12.7. The van der Waals surface area contributed by atoms with Gasteiger partial charge in [-0.3, -0.25) is 9.59 Å². The average molecular weight is 1550 g/mol. The molecule has 0 amide bonds. The zero-order chi connectivity index (χ0) is 79.9. The number of thiazole rings is 1. The topological polar surface area (TPSA) is 260 Å². The number of carbonyl (C=O) groups is 8. The number of nitrogens with zero attached hydrogens (tertiary/aromatic N) is 1. The monoisotopic (exact) mass is 1550 g/mol. The van der Waals surface area contributed by atoms with Gasteiger partial charge in [-0.1, -0.05) is 100.0 Å². The molecule has 0 saturated heterocycles. The van der Waals surface area contributed by atoms with Crippen molar-refractivity contribution in [2.45, 2.75) is 116 Å². The van der Waals surface area contributed by atoms with E-state index in [-0.39, 0.29) is 18.8 Å². The van der Waals surface area contributed by atoms with Gasteiger partial charge in [0.05, 0.1) is 64.0 Å². The second-order valence-electron chi connectivity index (χ2n) is 26.0. The fraction of sp³-hybridized carbons (Fsp3) is 0.286. The van der Waals surface area contributed by atoms with Crippen LogP contribution in [0.15, 0.2) is 227 Å². The number of benzene rings is 8. The van der Waals surface area contributed by atoms with E-state index in [1.807, 2.05) is 103 Å². The number of rotatable bonds is 45. The van der Waals surface area contributed by atoms with Gasteiger partial charge in [-0.2, -0.15) is 0 Å². The third kappa shape index (κ3) is 27.8. The normalized spacial score (nSPS) is 11.1. The summed E-state index contributed by atoms with van der Waals surface area (Å²) in [6, 6.07) is 52.9. The van der Waals surface area contributed by atoms with Crippen LogP contribution in [0, 0.1) is 0 Å². The summed E-state index contributed by atoms with van der Waals surface area (Å²) < 4.78 is 66.8. The summed E-state index contributed by atoms with van der Waals surface area (Å²) in [5.74, 6) is 0.775. The summed E-state index contributed by atoms with van der Waals surface area (Å²) in [5.41, 5.74) is 8.10. The molecule has 0 saturated carbocycles. The molecule has 0 atom stereocenters. The van der Waals surface area contributed by atoms with E-state index in [0.717, 1.165) is 114 Å². The minimum Gasteiger partial charge on any atom is -0.494 e. The highest BCUT2D eigenvalue weighted by molar-refractivity contribution is 7.22. The first-order valence-electron chi connectivity index (χ1n) is 37.8. The van der Waals surface area contributed by atoms with Crippen molar-refractivity contribution in [1.29, 1.82) is 0 Å². The lowest BCUT2D eigenvalue weighted by molar-refractivity contribution is -0.138. The molecule has 1 aliphatic rings. The minimum absolute atomic E-state index is 0.0294. The first-order valence-corrected chi connectivity index (χ1v) is 38.6. The molecule has 1 aromatic heterocycles. The highest BCUT2D eigenvalue weighted by Crippen LogP contribution is 2.47. The average Bonchev–Trinajstić information content (AvgIpc) is 1.63. The maximum atomic E-state index is 13.1. The Bertz CT molecular complexity index is 4410. The van der Waals surface area contributed by atoms with Crippen molar-refractivity contribution in [3.05, 3.63) is 260 Å². The first-order chi connectivity index (χ1) is 55.1. The van der Waals surface area contributed by atoms with Crippen LogP contribution in [-0.2, 0) is 60.6 Å². The molecule has 22 heteroatoms. The fourth-order valence-electron chi connectivity index (χ4n) is 11.7. The van der Waals surface area contributed by atoms with Crippen molar-refractivity contribution in [1.82, 2.24) is 4.98 Å².